The lowest BCUT2D eigenvalue weighted by Gasteiger charge is -2.25. The van der Waals surface area contributed by atoms with Crippen molar-refractivity contribution in [1.82, 2.24) is 10.6 Å². The zero-order valence-electron chi connectivity index (χ0n) is 12.7. The van der Waals surface area contributed by atoms with Gasteiger partial charge in [0.25, 0.3) is 5.91 Å². The first kappa shape index (κ1) is 17.1. The monoisotopic (exact) mass is 340 g/mol. The van der Waals surface area contributed by atoms with E-state index in [0.717, 1.165) is 5.56 Å². The molecule has 1 aliphatic heterocycles. The predicted molar refractivity (Wildman–Crippen MR) is 82.3 cm³/mol. The van der Waals surface area contributed by atoms with E-state index in [9.17, 15) is 14.4 Å². The number of benzene rings is 1. The Morgan fingerprint density at radius 1 is 1.39 bits per heavy atom. The highest BCUT2D eigenvalue weighted by atomic mass is 35.5. The number of carbonyl (C=O) groups excluding carboxylic acids is 3. The first-order valence-electron chi connectivity index (χ1n) is 7.05. The van der Waals surface area contributed by atoms with Crippen molar-refractivity contribution in [3.05, 3.63) is 28.8 Å². The molecule has 0 saturated heterocycles. The van der Waals surface area contributed by atoms with Gasteiger partial charge in [0.2, 0.25) is 0 Å². The Kier molecular flexibility index (Phi) is 5.44. The second-order valence-electron chi connectivity index (χ2n) is 5.11. The summed E-state index contributed by atoms with van der Waals surface area (Å²) in [7, 11) is 1.38. The summed E-state index contributed by atoms with van der Waals surface area (Å²) in [4.78, 5) is 34.9. The fourth-order valence-corrected chi connectivity index (χ4v) is 2.31. The van der Waals surface area contributed by atoms with Crippen LogP contribution in [0.3, 0.4) is 0 Å². The second kappa shape index (κ2) is 7.32. The molecule has 8 heteroatoms. The van der Waals surface area contributed by atoms with Crippen LogP contribution in [0.25, 0.3) is 0 Å². The van der Waals surface area contributed by atoms with Gasteiger partial charge < -0.3 is 14.8 Å². The largest absolute Gasteiger partial charge is 0.492 e. The number of halogens is 1. The zero-order chi connectivity index (χ0) is 17.0. The number of hydrogen-bond acceptors (Lipinski definition) is 5. The number of amides is 3. The molecule has 124 valence electrons. The summed E-state index contributed by atoms with van der Waals surface area (Å²) in [5, 5.41) is 4.84. The minimum absolute atomic E-state index is 0.164. The molecule has 0 saturated carbocycles. The zero-order valence-corrected chi connectivity index (χ0v) is 13.5. The molecule has 1 aromatic carbocycles. The summed E-state index contributed by atoms with van der Waals surface area (Å²) < 4.78 is 10.6. The summed E-state index contributed by atoms with van der Waals surface area (Å²) in [5.74, 6) is -1.10. The maximum absolute atomic E-state index is 12.1. The van der Waals surface area contributed by atoms with Gasteiger partial charge in [-0.2, -0.15) is 0 Å². The molecule has 0 fully saturated rings. The summed E-state index contributed by atoms with van der Waals surface area (Å²) in [6.45, 7) is 1.56. The van der Waals surface area contributed by atoms with Crippen molar-refractivity contribution < 1.29 is 23.9 Å². The van der Waals surface area contributed by atoms with E-state index in [1.54, 1.807) is 18.2 Å². The normalized spacial score (nSPS) is 17.3. The molecule has 0 bridgehead atoms. The van der Waals surface area contributed by atoms with Gasteiger partial charge in [-0.25, -0.2) is 4.79 Å². The van der Waals surface area contributed by atoms with Crippen LogP contribution < -0.4 is 15.4 Å². The molecular formula is C15H17ClN2O5. The maximum Gasteiger partial charge on any atom is 0.321 e. The molecular weight excluding hydrogens is 324 g/mol. The van der Waals surface area contributed by atoms with E-state index in [4.69, 9.17) is 21.1 Å². The van der Waals surface area contributed by atoms with Gasteiger partial charge in [0.05, 0.1) is 5.92 Å². The molecule has 23 heavy (non-hydrogen) atoms. The van der Waals surface area contributed by atoms with Crippen LogP contribution in [0, 0.1) is 5.92 Å². The average molecular weight is 341 g/mol. The van der Waals surface area contributed by atoms with Crippen LogP contribution in [-0.4, -0.2) is 37.7 Å². The first-order valence-corrected chi connectivity index (χ1v) is 7.42. The Bertz CT molecular complexity index is 634. The molecule has 0 aromatic heterocycles. The van der Waals surface area contributed by atoms with Gasteiger partial charge in [-0.15, -0.1) is 0 Å². The number of nitrogens with one attached hydrogen (secondary N) is 2. The summed E-state index contributed by atoms with van der Waals surface area (Å²) in [6, 6.07) is 4.53. The van der Waals surface area contributed by atoms with Gasteiger partial charge >= 0.3 is 12.0 Å². The average Bonchev–Trinajstić information content (AvgIpc) is 2.53. The Morgan fingerprint density at radius 3 is 2.83 bits per heavy atom. The first-order chi connectivity index (χ1) is 10.9. The molecule has 1 heterocycles. The van der Waals surface area contributed by atoms with Gasteiger partial charge in [-0.1, -0.05) is 11.6 Å². The highest BCUT2D eigenvalue weighted by Crippen LogP contribution is 2.30. The summed E-state index contributed by atoms with van der Waals surface area (Å²) in [6.07, 6.45) is -0.668. The molecule has 0 radical (unpaired) electrons. The minimum atomic E-state index is -1.08. The van der Waals surface area contributed by atoms with Crippen LogP contribution >= 0.6 is 11.6 Å². The Balaban J connectivity index is 1.94. The quantitative estimate of drug-likeness (QED) is 0.808. The third kappa shape index (κ3) is 4.35. The minimum Gasteiger partial charge on any atom is -0.492 e. The topological polar surface area (TPSA) is 93.7 Å². The van der Waals surface area contributed by atoms with Crippen molar-refractivity contribution in [3.8, 4) is 5.75 Å². The fourth-order valence-electron chi connectivity index (χ4n) is 2.11. The summed E-state index contributed by atoms with van der Waals surface area (Å²) in [5.41, 5.74) is 0.813. The number of esters is 1. The standard InChI is InChI=1S/C15H17ClN2O5/c1-8(13(19)18-15(21)17-2)23-14(20)10-5-9-6-11(16)3-4-12(9)22-7-10/h3-4,6,8,10H,5,7H2,1-2H3,(H2,17,18,19,21)/t8-,10+/m0/s1. The van der Waals surface area contributed by atoms with E-state index >= 15 is 0 Å². The number of hydrogen-bond donors (Lipinski definition) is 2. The van der Waals surface area contributed by atoms with E-state index < -0.39 is 29.9 Å². The number of fused-ring (bicyclic) bond motifs is 1. The van der Waals surface area contributed by atoms with Crippen LogP contribution in [0.5, 0.6) is 5.75 Å². The van der Waals surface area contributed by atoms with Gasteiger partial charge in [-0.3, -0.25) is 14.9 Å². The highest BCUT2D eigenvalue weighted by molar-refractivity contribution is 6.30. The molecule has 0 spiro atoms. The number of carbonyl (C=O) groups is 3. The molecule has 1 aliphatic rings. The van der Waals surface area contributed by atoms with Crippen LogP contribution in [-0.2, 0) is 20.7 Å². The molecule has 3 amide bonds. The Morgan fingerprint density at radius 2 is 2.13 bits per heavy atom. The van der Waals surface area contributed by atoms with Crippen molar-refractivity contribution in [2.75, 3.05) is 13.7 Å². The number of urea groups is 1. The third-order valence-corrected chi connectivity index (χ3v) is 3.62. The van der Waals surface area contributed by atoms with Crippen LogP contribution in [0.4, 0.5) is 4.79 Å². The lowest BCUT2D eigenvalue weighted by atomic mass is 9.97. The number of imide groups is 1. The highest BCUT2D eigenvalue weighted by Gasteiger charge is 2.30. The molecule has 7 nitrogen and oxygen atoms in total. The van der Waals surface area contributed by atoms with E-state index in [2.05, 4.69) is 5.32 Å². The second-order valence-corrected chi connectivity index (χ2v) is 5.55. The van der Waals surface area contributed by atoms with Crippen LogP contribution in [0.2, 0.25) is 5.02 Å². The third-order valence-electron chi connectivity index (χ3n) is 3.39. The van der Waals surface area contributed by atoms with Crippen molar-refractivity contribution in [3.63, 3.8) is 0 Å². The van der Waals surface area contributed by atoms with Crippen LogP contribution in [0.15, 0.2) is 18.2 Å². The van der Waals surface area contributed by atoms with Gasteiger partial charge in [-0.05, 0) is 37.1 Å². The van der Waals surface area contributed by atoms with Gasteiger partial charge in [0, 0.05) is 12.1 Å². The van der Waals surface area contributed by atoms with E-state index in [1.165, 1.54) is 14.0 Å². The van der Waals surface area contributed by atoms with Crippen LogP contribution in [0.1, 0.15) is 12.5 Å². The lowest BCUT2D eigenvalue weighted by molar-refractivity contribution is -0.159. The number of rotatable bonds is 3. The maximum atomic E-state index is 12.1. The molecule has 2 atom stereocenters. The van der Waals surface area contributed by atoms with Crippen molar-refractivity contribution >= 4 is 29.5 Å². The van der Waals surface area contributed by atoms with Gasteiger partial charge in [0.15, 0.2) is 6.10 Å². The lowest BCUT2D eigenvalue weighted by Crippen LogP contribution is -2.44. The molecule has 0 unspecified atom stereocenters. The smallest absolute Gasteiger partial charge is 0.321 e. The van der Waals surface area contributed by atoms with E-state index in [0.29, 0.717) is 17.2 Å². The van der Waals surface area contributed by atoms with Crippen molar-refractivity contribution in [1.29, 1.82) is 0 Å². The van der Waals surface area contributed by atoms with Crippen molar-refractivity contribution in [2.24, 2.45) is 5.92 Å². The van der Waals surface area contributed by atoms with E-state index in [1.807, 2.05) is 5.32 Å². The van der Waals surface area contributed by atoms with E-state index in [-0.39, 0.29) is 6.61 Å². The fraction of sp³-hybridized carbons (Fsp3) is 0.400. The Hall–Kier alpha value is -2.28. The van der Waals surface area contributed by atoms with Crippen molar-refractivity contribution in [2.45, 2.75) is 19.4 Å². The predicted octanol–water partition coefficient (Wildman–Crippen LogP) is 1.28. The number of ether oxygens (including phenoxy) is 2. The van der Waals surface area contributed by atoms with Gasteiger partial charge in [0.1, 0.15) is 12.4 Å². The molecule has 2 rings (SSSR count). The molecule has 2 N–H and O–H groups in total. The summed E-state index contributed by atoms with van der Waals surface area (Å²) >= 11 is 5.93. The molecule has 0 aliphatic carbocycles. The SMILES string of the molecule is CNC(=O)NC(=O)[C@H](C)OC(=O)[C@H]1COc2ccc(Cl)cc2C1. The molecule has 1 aromatic rings. The Labute approximate surface area is 138 Å².